The van der Waals surface area contributed by atoms with Crippen molar-refractivity contribution in [3.05, 3.63) is 59.7 Å². The Morgan fingerprint density at radius 1 is 1.15 bits per heavy atom. The van der Waals surface area contributed by atoms with Crippen molar-refractivity contribution in [3.8, 4) is 0 Å². The summed E-state index contributed by atoms with van der Waals surface area (Å²) in [7, 11) is -3.61. The van der Waals surface area contributed by atoms with Gasteiger partial charge < -0.3 is 4.90 Å². The fourth-order valence-electron chi connectivity index (χ4n) is 3.60. The first-order valence-electron chi connectivity index (χ1n) is 8.67. The Kier molecular flexibility index (Phi) is 4.80. The molecule has 1 amide bonds. The number of rotatable bonds is 4. The van der Waals surface area contributed by atoms with Gasteiger partial charge in [0.15, 0.2) is 0 Å². The molecule has 5 nitrogen and oxygen atoms in total. The number of anilines is 2. The number of fused-ring (bicyclic) bond motifs is 1. The normalized spacial score (nSPS) is 17.7. The Morgan fingerprint density at radius 2 is 1.77 bits per heavy atom. The van der Waals surface area contributed by atoms with Gasteiger partial charge in [-0.15, -0.1) is 0 Å². The standard InChI is InChI=1S/C20H24N2O3S/c1-14-9-11-18(12-10-14)22(26(4,24)25)16(3)20(23)21-15(2)13-17-7-5-6-8-19(17)21/h5-12,15-16H,13H2,1-4H3/t15-,16-/m0/s1. The summed E-state index contributed by atoms with van der Waals surface area (Å²) in [4.78, 5) is 15.0. The van der Waals surface area contributed by atoms with Crippen LogP contribution in [0.3, 0.4) is 0 Å². The van der Waals surface area contributed by atoms with E-state index in [1.165, 1.54) is 4.31 Å². The number of benzene rings is 2. The topological polar surface area (TPSA) is 57.7 Å². The predicted octanol–water partition coefficient (Wildman–Crippen LogP) is 3.13. The molecule has 0 aromatic heterocycles. The molecule has 0 N–H and O–H groups in total. The van der Waals surface area contributed by atoms with Crippen LogP contribution in [0.1, 0.15) is 25.0 Å². The molecule has 2 atom stereocenters. The van der Waals surface area contributed by atoms with Gasteiger partial charge in [-0.2, -0.15) is 0 Å². The van der Waals surface area contributed by atoms with Crippen molar-refractivity contribution in [1.82, 2.24) is 0 Å². The molecule has 3 rings (SSSR count). The summed E-state index contributed by atoms with van der Waals surface area (Å²) in [5.41, 5.74) is 3.51. The maximum Gasteiger partial charge on any atom is 0.250 e. The summed E-state index contributed by atoms with van der Waals surface area (Å²) in [6.07, 6.45) is 1.91. The summed E-state index contributed by atoms with van der Waals surface area (Å²) in [6.45, 7) is 5.57. The zero-order valence-electron chi connectivity index (χ0n) is 15.5. The molecule has 26 heavy (non-hydrogen) atoms. The molecule has 0 spiro atoms. The van der Waals surface area contributed by atoms with E-state index in [-0.39, 0.29) is 11.9 Å². The minimum absolute atomic E-state index is 0.00165. The summed E-state index contributed by atoms with van der Waals surface area (Å²) in [6, 6.07) is 14.1. The molecule has 1 aliphatic rings. The number of sulfonamides is 1. The summed E-state index contributed by atoms with van der Waals surface area (Å²) in [5.74, 6) is -0.214. The van der Waals surface area contributed by atoms with Crippen molar-refractivity contribution < 1.29 is 13.2 Å². The Morgan fingerprint density at radius 3 is 2.38 bits per heavy atom. The average molecular weight is 372 g/mol. The number of hydrogen-bond acceptors (Lipinski definition) is 3. The van der Waals surface area contributed by atoms with Crippen molar-refractivity contribution in [2.45, 2.75) is 39.3 Å². The first kappa shape index (κ1) is 18.5. The van der Waals surface area contributed by atoms with Crippen molar-refractivity contribution in [2.75, 3.05) is 15.5 Å². The lowest BCUT2D eigenvalue weighted by molar-refractivity contribution is -0.119. The molecule has 0 aliphatic carbocycles. The number of aryl methyl sites for hydroxylation is 1. The van der Waals surface area contributed by atoms with Gasteiger partial charge in [-0.25, -0.2) is 8.42 Å². The van der Waals surface area contributed by atoms with Crippen LogP contribution in [0.5, 0.6) is 0 Å². The van der Waals surface area contributed by atoms with Gasteiger partial charge >= 0.3 is 0 Å². The van der Waals surface area contributed by atoms with Crippen LogP contribution in [-0.4, -0.2) is 32.7 Å². The molecular formula is C20H24N2O3S. The van der Waals surface area contributed by atoms with Crippen LogP contribution in [0.15, 0.2) is 48.5 Å². The summed E-state index contributed by atoms with van der Waals surface area (Å²) < 4.78 is 26.1. The zero-order chi connectivity index (χ0) is 19.1. The molecule has 1 aliphatic heterocycles. The molecule has 0 bridgehead atoms. The highest BCUT2D eigenvalue weighted by Gasteiger charge is 2.37. The number of amides is 1. The van der Waals surface area contributed by atoms with E-state index in [2.05, 4.69) is 0 Å². The zero-order valence-corrected chi connectivity index (χ0v) is 16.3. The lowest BCUT2D eigenvalue weighted by atomic mass is 10.1. The molecule has 6 heteroatoms. The SMILES string of the molecule is Cc1ccc(N([C@@H](C)C(=O)N2c3ccccc3C[C@@H]2C)S(C)(=O)=O)cc1. The van der Waals surface area contributed by atoms with Crippen LogP contribution in [0.4, 0.5) is 11.4 Å². The molecule has 138 valence electrons. The lowest BCUT2D eigenvalue weighted by Gasteiger charge is -2.33. The second kappa shape index (κ2) is 6.76. The Hall–Kier alpha value is -2.34. The van der Waals surface area contributed by atoms with Gasteiger partial charge in [0, 0.05) is 11.7 Å². The van der Waals surface area contributed by atoms with Crippen LogP contribution >= 0.6 is 0 Å². The van der Waals surface area contributed by atoms with Crippen LogP contribution < -0.4 is 9.21 Å². The summed E-state index contributed by atoms with van der Waals surface area (Å²) >= 11 is 0. The lowest BCUT2D eigenvalue weighted by Crippen LogP contribution is -2.51. The number of carbonyl (C=O) groups excluding carboxylic acids is 1. The van der Waals surface area contributed by atoms with E-state index in [4.69, 9.17) is 0 Å². The van der Waals surface area contributed by atoms with E-state index in [9.17, 15) is 13.2 Å². The first-order chi connectivity index (χ1) is 12.2. The molecule has 0 saturated heterocycles. The highest BCUT2D eigenvalue weighted by molar-refractivity contribution is 7.92. The van der Waals surface area contributed by atoms with Crippen molar-refractivity contribution in [1.29, 1.82) is 0 Å². The second-order valence-corrected chi connectivity index (χ2v) is 8.82. The second-order valence-electron chi connectivity index (χ2n) is 6.96. The van der Waals surface area contributed by atoms with Crippen LogP contribution in [0.2, 0.25) is 0 Å². The third-order valence-electron chi connectivity index (χ3n) is 4.80. The van der Waals surface area contributed by atoms with Crippen molar-refractivity contribution in [3.63, 3.8) is 0 Å². The minimum atomic E-state index is -3.61. The molecule has 0 unspecified atom stereocenters. The van der Waals surface area contributed by atoms with Gasteiger partial charge in [0.05, 0.1) is 11.9 Å². The molecule has 2 aromatic carbocycles. The third kappa shape index (κ3) is 3.33. The highest BCUT2D eigenvalue weighted by atomic mass is 32.2. The van der Waals surface area contributed by atoms with E-state index >= 15 is 0 Å². The third-order valence-corrected chi connectivity index (χ3v) is 6.04. The fourth-order valence-corrected chi connectivity index (χ4v) is 4.77. The monoisotopic (exact) mass is 372 g/mol. The quantitative estimate of drug-likeness (QED) is 0.828. The molecule has 0 radical (unpaired) electrons. The van der Waals surface area contributed by atoms with Crippen LogP contribution in [-0.2, 0) is 21.2 Å². The maximum absolute atomic E-state index is 13.3. The molecule has 2 aromatic rings. The van der Waals surface area contributed by atoms with Gasteiger partial charge in [0.1, 0.15) is 6.04 Å². The number of nitrogens with zero attached hydrogens (tertiary/aromatic N) is 2. The van der Waals surface area contributed by atoms with E-state index in [0.717, 1.165) is 29.5 Å². The first-order valence-corrected chi connectivity index (χ1v) is 10.5. The smallest absolute Gasteiger partial charge is 0.250 e. The molecular weight excluding hydrogens is 348 g/mol. The van der Waals surface area contributed by atoms with Gasteiger partial charge in [0.25, 0.3) is 5.91 Å². The highest BCUT2D eigenvalue weighted by Crippen LogP contribution is 2.33. The van der Waals surface area contributed by atoms with Crippen LogP contribution in [0, 0.1) is 6.92 Å². The van der Waals surface area contributed by atoms with E-state index in [0.29, 0.717) is 5.69 Å². The minimum Gasteiger partial charge on any atom is -0.307 e. The van der Waals surface area contributed by atoms with Gasteiger partial charge in [0.2, 0.25) is 10.0 Å². The number of carbonyl (C=O) groups is 1. The largest absolute Gasteiger partial charge is 0.307 e. The number of hydrogen-bond donors (Lipinski definition) is 0. The van der Waals surface area contributed by atoms with Crippen molar-refractivity contribution in [2.24, 2.45) is 0 Å². The Balaban J connectivity index is 1.98. The van der Waals surface area contributed by atoms with Gasteiger partial charge in [-0.1, -0.05) is 35.9 Å². The predicted molar refractivity (Wildman–Crippen MR) is 105 cm³/mol. The average Bonchev–Trinajstić information content (AvgIpc) is 2.90. The van der Waals surface area contributed by atoms with Gasteiger partial charge in [-0.3, -0.25) is 9.10 Å². The van der Waals surface area contributed by atoms with E-state index in [1.54, 1.807) is 24.0 Å². The van der Waals surface area contributed by atoms with Crippen molar-refractivity contribution >= 4 is 27.3 Å². The van der Waals surface area contributed by atoms with Gasteiger partial charge in [-0.05, 0) is 51.0 Å². The van der Waals surface area contributed by atoms with E-state index < -0.39 is 16.1 Å². The molecule has 0 saturated carbocycles. The molecule has 1 heterocycles. The maximum atomic E-state index is 13.3. The number of para-hydroxylation sites is 1. The van der Waals surface area contributed by atoms with Crippen LogP contribution in [0.25, 0.3) is 0 Å². The molecule has 0 fully saturated rings. The summed E-state index contributed by atoms with van der Waals surface area (Å²) in [5, 5.41) is 0. The Bertz CT molecular complexity index is 922. The fraction of sp³-hybridized carbons (Fsp3) is 0.350. The van der Waals surface area contributed by atoms with E-state index in [1.807, 2.05) is 50.2 Å². The Labute approximate surface area is 155 Å².